The summed E-state index contributed by atoms with van der Waals surface area (Å²) in [7, 11) is 0. The van der Waals surface area contributed by atoms with Crippen LogP contribution in [0.2, 0.25) is 0 Å². The monoisotopic (exact) mass is 238 g/mol. The van der Waals surface area contributed by atoms with E-state index in [1.807, 2.05) is 0 Å². The van der Waals surface area contributed by atoms with E-state index < -0.39 is 0 Å². The highest BCUT2D eigenvalue weighted by Gasteiger charge is 2.42. The highest BCUT2D eigenvalue weighted by Crippen LogP contribution is 2.35. The van der Waals surface area contributed by atoms with Crippen LogP contribution in [0, 0.1) is 0 Å². The fourth-order valence-electron chi connectivity index (χ4n) is 3.36. The molecule has 1 aliphatic carbocycles. The largest absolute Gasteiger partial charge is 0.378 e. The zero-order valence-electron chi connectivity index (χ0n) is 11.3. The van der Waals surface area contributed by atoms with Crippen LogP contribution < -0.4 is 0 Å². The Morgan fingerprint density at radius 2 is 1.53 bits per heavy atom. The second-order valence-electron chi connectivity index (χ2n) is 6.23. The number of likely N-dealkylation sites (tertiary alicyclic amines) is 1. The zero-order chi connectivity index (χ0) is 11.8. The lowest BCUT2D eigenvalue weighted by atomic mass is 9.99. The molecule has 0 N–H and O–H groups in total. The molecule has 0 spiro atoms. The van der Waals surface area contributed by atoms with Gasteiger partial charge in [0.05, 0.1) is 19.3 Å². The lowest BCUT2D eigenvalue weighted by Gasteiger charge is -2.46. The topological polar surface area (TPSA) is 15.7 Å². The minimum absolute atomic E-state index is 0.720. The van der Waals surface area contributed by atoms with Crippen LogP contribution in [0.25, 0.3) is 0 Å². The summed E-state index contributed by atoms with van der Waals surface area (Å²) >= 11 is 0. The molecule has 0 unspecified atom stereocenters. The maximum Gasteiger partial charge on any atom is 0.0645 e. The van der Waals surface area contributed by atoms with Gasteiger partial charge in [0.2, 0.25) is 0 Å². The molecule has 17 heavy (non-hydrogen) atoms. The molecule has 2 aliphatic heterocycles. The molecule has 0 amide bonds. The van der Waals surface area contributed by atoms with E-state index in [-0.39, 0.29) is 0 Å². The van der Waals surface area contributed by atoms with E-state index in [2.05, 4.69) is 23.6 Å². The molecule has 3 rings (SSSR count). The van der Waals surface area contributed by atoms with E-state index >= 15 is 0 Å². The average Bonchev–Trinajstić information content (AvgIpc) is 3.07. The third kappa shape index (κ3) is 2.51. The first-order valence-electron chi connectivity index (χ1n) is 7.35. The van der Waals surface area contributed by atoms with Crippen LogP contribution in [0.4, 0.5) is 0 Å². The Morgan fingerprint density at radius 1 is 0.941 bits per heavy atom. The maximum absolute atomic E-state index is 5.39. The van der Waals surface area contributed by atoms with Crippen molar-refractivity contribution in [3.8, 4) is 0 Å². The molecule has 0 bridgehead atoms. The van der Waals surface area contributed by atoms with Crippen LogP contribution in [0.1, 0.15) is 39.5 Å². The Hall–Kier alpha value is -0.120. The third-order valence-electron chi connectivity index (χ3n) is 4.66. The highest BCUT2D eigenvalue weighted by atomic mass is 16.5. The van der Waals surface area contributed by atoms with Crippen molar-refractivity contribution in [1.29, 1.82) is 0 Å². The van der Waals surface area contributed by atoms with Crippen molar-refractivity contribution in [2.45, 2.75) is 63.7 Å². The summed E-state index contributed by atoms with van der Waals surface area (Å²) in [5, 5.41) is 0. The molecule has 0 aromatic heterocycles. The highest BCUT2D eigenvalue weighted by molar-refractivity contribution is 4.96. The Kier molecular flexibility index (Phi) is 3.42. The molecule has 0 aromatic rings. The number of piperidine rings is 1. The quantitative estimate of drug-likeness (QED) is 0.742. The van der Waals surface area contributed by atoms with Gasteiger partial charge in [0.15, 0.2) is 0 Å². The number of hydrogen-bond acceptors (Lipinski definition) is 3. The molecule has 3 fully saturated rings. The fraction of sp³-hybridized carbons (Fsp3) is 1.00. The summed E-state index contributed by atoms with van der Waals surface area (Å²) in [4.78, 5) is 5.44. The predicted molar refractivity (Wildman–Crippen MR) is 69.2 cm³/mol. The van der Waals surface area contributed by atoms with Crippen molar-refractivity contribution < 1.29 is 4.74 Å². The van der Waals surface area contributed by atoms with E-state index in [0.29, 0.717) is 0 Å². The summed E-state index contributed by atoms with van der Waals surface area (Å²) in [6, 6.07) is 3.21. The molecule has 0 aromatic carbocycles. The van der Waals surface area contributed by atoms with E-state index in [9.17, 15) is 0 Å². The van der Waals surface area contributed by atoms with Crippen molar-refractivity contribution in [3.63, 3.8) is 0 Å². The van der Waals surface area contributed by atoms with Crippen LogP contribution in [0.15, 0.2) is 0 Å². The minimum Gasteiger partial charge on any atom is -0.378 e. The first-order chi connectivity index (χ1) is 8.25. The van der Waals surface area contributed by atoms with Crippen molar-refractivity contribution in [2.24, 2.45) is 0 Å². The second-order valence-corrected chi connectivity index (χ2v) is 6.23. The van der Waals surface area contributed by atoms with Gasteiger partial charge in [-0.2, -0.15) is 0 Å². The van der Waals surface area contributed by atoms with Crippen LogP contribution in [0.5, 0.6) is 0 Å². The van der Waals surface area contributed by atoms with Crippen LogP contribution in [-0.4, -0.2) is 60.3 Å². The molecule has 0 atom stereocenters. The third-order valence-corrected chi connectivity index (χ3v) is 4.66. The molecule has 1 saturated carbocycles. The van der Waals surface area contributed by atoms with Gasteiger partial charge in [-0.3, -0.25) is 4.90 Å². The van der Waals surface area contributed by atoms with Gasteiger partial charge < -0.3 is 9.64 Å². The van der Waals surface area contributed by atoms with E-state index in [1.165, 1.54) is 38.8 Å². The molecule has 0 radical (unpaired) electrons. The summed E-state index contributed by atoms with van der Waals surface area (Å²) in [5.74, 6) is 0. The Balaban J connectivity index is 1.56. The summed E-state index contributed by atoms with van der Waals surface area (Å²) in [6.45, 7) is 9.19. The molecule has 2 saturated heterocycles. The maximum atomic E-state index is 5.39. The molecular weight excluding hydrogens is 212 g/mol. The Morgan fingerprint density at radius 3 is 1.94 bits per heavy atom. The van der Waals surface area contributed by atoms with Crippen LogP contribution >= 0.6 is 0 Å². The van der Waals surface area contributed by atoms with Crippen molar-refractivity contribution in [1.82, 2.24) is 9.80 Å². The average molecular weight is 238 g/mol. The van der Waals surface area contributed by atoms with Crippen LogP contribution in [0.3, 0.4) is 0 Å². The number of nitrogens with zero attached hydrogens (tertiary/aromatic N) is 2. The van der Waals surface area contributed by atoms with Gasteiger partial charge in [-0.15, -0.1) is 0 Å². The Bertz CT molecular complexity index is 253. The van der Waals surface area contributed by atoms with Crippen molar-refractivity contribution in [2.75, 3.05) is 26.3 Å². The smallest absolute Gasteiger partial charge is 0.0645 e. The molecule has 3 heteroatoms. The van der Waals surface area contributed by atoms with E-state index in [4.69, 9.17) is 4.74 Å². The fourth-order valence-corrected chi connectivity index (χ4v) is 3.36. The van der Waals surface area contributed by atoms with Gasteiger partial charge in [0.1, 0.15) is 0 Å². The first kappa shape index (κ1) is 11.9. The van der Waals surface area contributed by atoms with Gasteiger partial charge >= 0.3 is 0 Å². The predicted octanol–water partition coefficient (Wildman–Crippen LogP) is 1.72. The van der Waals surface area contributed by atoms with Gasteiger partial charge in [-0.05, 0) is 52.6 Å². The van der Waals surface area contributed by atoms with E-state index in [0.717, 1.165) is 37.4 Å². The summed E-state index contributed by atoms with van der Waals surface area (Å²) < 4.78 is 5.39. The number of ether oxygens (including phenoxy) is 1. The molecule has 2 heterocycles. The second kappa shape index (κ2) is 4.87. The number of rotatable bonds is 4. The first-order valence-corrected chi connectivity index (χ1v) is 7.35. The Labute approximate surface area is 105 Å². The van der Waals surface area contributed by atoms with Gasteiger partial charge in [-0.25, -0.2) is 0 Å². The van der Waals surface area contributed by atoms with Crippen molar-refractivity contribution >= 4 is 0 Å². The summed E-state index contributed by atoms with van der Waals surface area (Å²) in [6.07, 6.45) is 5.60. The standard InChI is InChI=1S/C14H26N2O/c1-11(2)15-7-5-13(6-8-15)16(12-3-4-12)14-9-17-10-14/h11-14H,3-10H2,1-2H3. The molecule has 3 aliphatic rings. The molecular formula is C14H26N2O. The van der Waals surface area contributed by atoms with Gasteiger partial charge in [0, 0.05) is 18.1 Å². The molecule has 98 valence electrons. The lowest BCUT2D eigenvalue weighted by Crippen LogP contribution is -2.57. The zero-order valence-corrected chi connectivity index (χ0v) is 11.3. The SMILES string of the molecule is CC(C)N1CCC(N(C2CC2)C2COC2)CC1. The minimum atomic E-state index is 0.720. The van der Waals surface area contributed by atoms with Gasteiger partial charge in [0.25, 0.3) is 0 Å². The number of hydrogen-bond donors (Lipinski definition) is 0. The normalized spacial score (nSPS) is 28.9. The van der Waals surface area contributed by atoms with E-state index in [1.54, 1.807) is 0 Å². The van der Waals surface area contributed by atoms with Crippen molar-refractivity contribution in [3.05, 3.63) is 0 Å². The molecule has 3 nitrogen and oxygen atoms in total. The summed E-state index contributed by atoms with van der Waals surface area (Å²) in [5.41, 5.74) is 0. The van der Waals surface area contributed by atoms with Crippen LogP contribution in [-0.2, 0) is 4.74 Å². The lowest BCUT2D eigenvalue weighted by molar-refractivity contribution is -0.0911. The van der Waals surface area contributed by atoms with Gasteiger partial charge in [-0.1, -0.05) is 0 Å².